The molecule has 0 saturated heterocycles. The Morgan fingerprint density at radius 2 is 2.00 bits per heavy atom. The maximum Gasteiger partial charge on any atom is 0.288 e. The Balaban J connectivity index is 1.33. The summed E-state index contributed by atoms with van der Waals surface area (Å²) >= 11 is 3.42. The lowest BCUT2D eigenvalue weighted by Gasteiger charge is -2.09. The molecule has 0 aliphatic heterocycles. The van der Waals surface area contributed by atoms with Gasteiger partial charge in [-0.05, 0) is 55.5 Å². The van der Waals surface area contributed by atoms with Crippen LogP contribution in [0.4, 0.5) is 14.5 Å². The van der Waals surface area contributed by atoms with Crippen LogP contribution in [0.5, 0.6) is 0 Å². The van der Waals surface area contributed by atoms with Crippen molar-refractivity contribution >= 4 is 56.7 Å². The highest BCUT2D eigenvalue weighted by molar-refractivity contribution is 7.99. The third-order valence-electron chi connectivity index (χ3n) is 4.71. The summed E-state index contributed by atoms with van der Waals surface area (Å²) in [5.41, 5.74) is 1.61. The second-order valence-corrected chi connectivity index (χ2v) is 9.98. The van der Waals surface area contributed by atoms with Crippen LogP contribution in [0.1, 0.15) is 29.1 Å². The number of aromatic amines is 1. The van der Waals surface area contributed by atoms with Crippen LogP contribution in [0.15, 0.2) is 34.0 Å². The molecule has 1 amide bonds. The van der Waals surface area contributed by atoms with Crippen LogP contribution in [-0.2, 0) is 23.4 Å². The van der Waals surface area contributed by atoms with Gasteiger partial charge in [-0.3, -0.25) is 9.59 Å². The van der Waals surface area contributed by atoms with E-state index in [0.717, 1.165) is 41.5 Å². The number of thiophene rings is 1. The molecule has 10 heteroatoms. The van der Waals surface area contributed by atoms with Crippen molar-refractivity contribution in [2.75, 3.05) is 11.1 Å². The second-order valence-electron chi connectivity index (χ2n) is 6.85. The molecule has 0 saturated carbocycles. The van der Waals surface area contributed by atoms with Crippen LogP contribution in [0, 0.1) is 0 Å². The van der Waals surface area contributed by atoms with Crippen molar-refractivity contribution < 1.29 is 13.6 Å². The average molecular weight is 468 g/mol. The number of halogens is 2. The van der Waals surface area contributed by atoms with Gasteiger partial charge in [0.15, 0.2) is 0 Å². The number of fused-ring (bicyclic) bond motifs is 3. The van der Waals surface area contributed by atoms with Crippen molar-refractivity contribution in [1.82, 2.24) is 9.97 Å². The molecule has 2 aromatic heterocycles. The molecule has 0 bridgehead atoms. The fraction of sp³-hybridized carbons (Fsp3) is 0.350. The fourth-order valence-electron chi connectivity index (χ4n) is 3.43. The maximum absolute atomic E-state index is 12.5. The first-order valence-corrected chi connectivity index (χ1v) is 12.3. The lowest BCUT2D eigenvalue weighted by atomic mass is 9.97. The van der Waals surface area contributed by atoms with Gasteiger partial charge in [-0.25, -0.2) is 4.98 Å². The zero-order valence-electron chi connectivity index (χ0n) is 15.9. The minimum Gasteiger partial charge on any atom is -0.325 e. The smallest absolute Gasteiger partial charge is 0.288 e. The van der Waals surface area contributed by atoms with Gasteiger partial charge in [0.05, 0.1) is 16.9 Å². The summed E-state index contributed by atoms with van der Waals surface area (Å²) in [6.45, 7) is 0. The number of benzene rings is 1. The summed E-state index contributed by atoms with van der Waals surface area (Å²) < 4.78 is 24.7. The molecule has 158 valence electrons. The van der Waals surface area contributed by atoms with E-state index in [4.69, 9.17) is 0 Å². The van der Waals surface area contributed by atoms with Gasteiger partial charge in [-0.1, -0.05) is 11.8 Å². The zero-order chi connectivity index (χ0) is 21.1. The summed E-state index contributed by atoms with van der Waals surface area (Å²) in [7, 11) is 0. The van der Waals surface area contributed by atoms with Crippen LogP contribution < -0.4 is 10.9 Å². The Kier molecular flexibility index (Phi) is 6.74. The first-order valence-electron chi connectivity index (χ1n) is 9.45. The Morgan fingerprint density at radius 1 is 1.23 bits per heavy atom. The third kappa shape index (κ3) is 5.04. The van der Waals surface area contributed by atoms with Gasteiger partial charge in [0.1, 0.15) is 10.7 Å². The van der Waals surface area contributed by atoms with Crippen LogP contribution >= 0.6 is 34.9 Å². The van der Waals surface area contributed by atoms with Gasteiger partial charge in [0.25, 0.3) is 11.3 Å². The van der Waals surface area contributed by atoms with Crippen molar-refractivity contribution in [2.45, 2.75) is 42.1 Å². The lowest BCUT2D eigenvalue weighted by Crippen LogP contribution is -2.15. The molecule has 1 aliphatic rings. The summed E-state index contributed by atoms with van der Waals surface area (Å²) in [6, 6.07) is 6.28. The molecule has 0 radical (unpaired) electrons. The average Bonchev–Trinajstić information content (AvgIpc) is 3.08. The molecule has 0 unspecified atom stereocenters. The number of carbonyl (C=O) groups excluding carboxylic acids is 1. The zero-order valence-corrected chi connectivity index (χ0v) is 18.3. The van der Waals surface area contributed by atoms with Crippen molar-refractivity contribution in [3.63, 3.8) is 0 Å². The van der Waals surface area contributed by atoms with Crippen molar-refractivity contribution in [2.24, 2.45) is 0 Å². The highest BCUT2D eigenvalue weighted by Gasteiger charge is 2.19. The van der Waals surface area contributed by atoms with Gasteiger partial charge in [0, 0.05) is 15.5 Å². The molecule has 1 aromatic carbocycles. The van der Waals surface area contributed by atoms with E-state index in [0.29, 0.717) is 33.9 Å². The van der Waals surface area contributed by atoms with Crippen LogP contribution in [0.3, 0.4) is 0 Å². The van der Waals surface area contributed by atoms with Crippen LogP contribution in [0.25, 0.3) is 10.2 Å². The molecule has 30 heavy (non-hydrogen) atoms. The number of hydrogen-bond donors (Lipinski definition) is 2. The molecule has 0 atom stereocenters. The van der Waals surface area contributed by atoms with E-state index >= 15 is 0 Å². The molecular formula is C20H19F2N3O2S3. The molecule has 3 aromatic rings. The van der Waals surface area contributed by atoms with Gasteiger partial charge in [0.2, 0.25) is 5.91 Å². The highest BCUT2D eigenvalue weighted by atomic mass is 32.2. The number of nitrogens with zero attached hydrogens (tertiary/aromatic N) is 1. The number of hydrogen-bond acceptors (Lipinski definition) is 6. The molecular weight excluding hydrogens is 448 g/mol. The molecule has 0 fully saturated rings. The van der Waals surface area contributed by atoms with E-state index in [-0.39, 0.29) is 17.2 Å². The van der Waals surface area contributed by atoms with Crippen molar-refractivity contribution in [3.05, 3.63) is 50.9 Å². The van der Waals surface area contributed by atoms with Crippen LogP contribution in [0.2, 0.25) is 0 Å². The number of aryl methyl sites for hydroxylation is 2. The first-order chi connectivity index (χ1) is 14.5. The third-order valence-corrected chi connectivity index (χ3v) is 7.56. The van der Waals surface area contributed by atoms with Crippen molar-refractivity contribution in [3.8, 4) is 0 Å². The molecule has 5 nitrogen and oxygen atoms in total. The van der Waals surface area contributed by atoms with Gasteiger partial charge in [-0.15, -0.1) is 23.1 Å². The Bertz CT molecular complexity index is 1110. The maximum atomic E-state index is 12.5. The standard InChI is InChI=1S/C20H19F2N3O2S3/c21-20(22)29-12-7-5-11(6-8-12)23-16(26)10-28-9-15-24-18(27)17-13-3-1-2-4-14(13)30-19(17)25-15/h5-8,20H,1-4,9-10H2,(H,23,26)(H,24,25,27). The van der Waals surface area contributed by atoms with E-state index in [9.17, 15) is 18.4 Å². The summed E-state index contributed by atoms with van der Waals surface area (Å²) in [5, 5.41) is 3.47. The predicted octanol–water partition coefficient (Wildman–Crippen LogP) is 5.05. The van der Waals surface area contributed by atoms with E-state index in [1.807, 2.05) is 0 Å². The second kappa shape index (κ2) is 9.49. The predicted molar refractivity (Wildman–Crippen MR) is 120 cm³/mol. The largest absolute Gasteiger partial charge is 0.325 e. The van der Waals surface area contributed by atoms with E-state index < -0.39 is 5.76 Å². The van der Waals surface area contributed by atoms with E-state index in [1.165, 1.54) is 16.6 Å². The number of nitrogens with one attached hydrogen (secondary N) is 2. The molecule has 2 N–H and O–H groups in total. The van der Waals surface area contributed by atoms with Gasteiger partial charge >= 0.3 is 0 Å². The molecule has 4 rings (SSSR count). The topological polar surface area (TPSA) is 74.8 Å². The minimum atomic E-state index is -2.47. The van der Waals surface area contributed by atoms with Crippen LogP contribution in [-0.4, -0.2) is 27.4 Å². The van der Waals surface area contributed by atoms with E-state index in [2.05, 4.69) is 15.3 Å². The van der Waals surface area contributed by atoms with Gasteiger partial charge < -0.3 is 10.3 Å². The number of H-pyrrole nitrogens is 1. The number of rotatable bonds is 7. The number of alkyl halides is 2. The number of amides is 1. The Morgan fingerprint density at radius 3 is 2.77 bits per heavy atom. The van der Waals surface area contributed by atoms with Gasteiger partial charge in [-0.2, -0.15) is 8.78 Å². The number of carbonyl (C=O) groups is 1. The quantitative estimate of drug-likeness (QED) is 0.476. The summed E-state index contributed by atoms with van der Waals surface area (Å²) in [6.07, 6.45) is 4.22. The Labute approximate surface area is 184 Å². The number of aromatic nitrogens is 2. The summed E-state index contributed by atoms with van der Waals surface area (Å²) in [4.78, 5) is 34.6. The first kappa shape index (κ1) is 21.3. The normalized spacial score (nSPS) is 13.6. The molecule has 1 aliphatic carbocycles. The molecule has 0 spiro atoms. The monoisotopic (exact) mass is 467 g/mol. The minimum absolute atomic E-state index is 0.0961. The highest BCUT2D eigenvalue weighted by Crippen LogP contribution is 2.33. The molecule has 2 heterocycles. The Hall–Kier alpha value is -1.91. The van der Waals surface area contributed by atoms with E-state index in [1.54, 1.807) is 35.6 Å². The van der Waals surface area contributed by atoms with Crippen molar-refractivity contribution in [1.29, 1.82) is 0 Å². The number of thioether (sulfide) groups is 2. The lowest BCUT2D eigenvalue weighted by molar-refractivity contribution is -0.113. The SMILES string of the molecule is O=C(CSCc1nc2sc3c(c2c(=O)[nH]1)CCCC3)Nc1ccc(SC(F)F)cc1. The summed E-state index contributed by atoms with van der Waals surface area (Å²) in [5.74, 6) is -1.50. The number of anilines is 1. The fourth-order valence-corrected chi connectivity index (χ4v) is 5.90.